The van der Waals surface area contributed by atoms with E-state index in [9.17, 15) is 10.1 Å². The van der Waals surface area contributed by atoms with Crippen LogP contribution < -0.4 is 5.32 Å². The van der Waals surface area contributed by atoms with E-state index in [1.165, 1.54) is 12.1 Å². The van der Waals surface area contributed by atoms with Crippen molar-refractivity contribution in [2.75, 3.05) is 0 Å². The quantitative estimate of drug-likeness (QED) is 0.380. The summed E-state index contributed by atoms with van der Waals surface area (Å²) >= 11 is 0. The maximum absolute atomic E-state index is 10.5. The molecule has 0 bridgehead atoms. The van der Waals surface area contributed by atoms with Crippen molar-refractivity contribution in [3.63, 3.8) is 0 Å². The number of nitrogens with one attached hydrogen (secondary N) is 2. The van der Waals surface area contributed by atoms with E-state index in [2.05, 4.69) is 5.32 Å². The molecule has 5 nitrogen and oxygen atoms in total. The van der Waals surface area contributed by atoms with Crippen LogP contribution in [0.2, 0.25) is 0 Å². The van der Waals surface area contributed by atoms with Crippen LogP contribution in [0.15, 0.2) is 66.9 Å². The molecule has 2 N–H and O–H groups in total. The third-order valence-electron chi connectivity index (χ3n) is 2.86. The van der Waals surface area contributed by atoms with Crippen molar-refractivity contribution in [3.8, 4) is 0 Å². The maximum Gasteiger partial charge on any atom is 0.269 e. The minimum absolute atomic E-state index is 0.0589. The molecule has 0 saturated carbocycles. The van der Waals surface area contributed by atoms with Crippen molar-refractivity contribution in [3.05, 3.63) is 88.1 Å². The van der Waals surface area contributed by atoms with E-state index in [1.807, 2.05) is 36.4 Å². The van der Waals surface area contributed by atoms with Gasteiger partial charge in [-0.3, -0.25) is 15.5 Å². The highest BCUT2D eigenvalue weighted by molar-refractivity contribution is 5.94. The molecule has 0 radical (unpaired) electrons. The Hall–Kier alpha value is -3.21. The van der Waals surface area contributed by atoms with Crippen LogP contribution in [0.3, 0.4) is 0 Å². The number of nitro benzene ring substituents is 1. The van der Waals surface area contributed by atoms with E-state index in [4.69, 9.17) is 5.41 Å². The molecule has 0 aliphatic carbocycles. The summed E-state index contributed by atoms with van der Waals surface area (Å²) in [6.07, 6.45) is 6.87. The van der Waals surface area contributed by atoms with Crippen molar-refractivity contribution < 1.29 is 4.92 Å². The highest BCUT2D eigenvalue weighted by atomic mass is 16.6. The van der Waals surface area contributed by atoms with Gasteiger partial charge in [-0.1, -0.05) is 36.4 Å². The zero-order chi connectivity index (χ0) is 15.8. The number of nitro groups is 1. The van der Waals surface area contributed by atoms with Crippen molar-refractivity contribution in [1.82, 2.24) is 5.32 Å². The minimum atomic E-state index is -0.435. The molecule has 0 atom stereocenters. The number of amidine groups is 1. The van der Waals surface area contributed by atoms with E-state index < -0.39 is 4.92 Å². The fourth-order valence-electron chi connectivity index (χ4n) is 1.73. The lowest BCUT2D eigenvalue weighted by Gasteiger charge is -1.98. The van der Waals surface area contributed by atoms with Gasteiger partial charge in [0.05, 0.1) is 4.92 Å². The summed E-state index contributed by atoms with van der Waals surface area (Å²) in [7, 11) is 0. The number of non-ortho nitro benzene ring substituents is 1. The predicted molar refractivity (Wildman–Crippen MR) is 88.5 cm³/mol. The second kappa shape index (κ2) is 7.54. The Morgan fingerprint density at radius 1 is 1.00 bits per heavy atom. The Morgan fingerprint density at radius 3 is 2.27 bits per heavy atom. The molecule has 0 fully saturated rings. The molecule has 110 valence electrons. The van der Waals surface area contributed by atoms with Gasteiger partial charge in [-0.25, -0.2) is 0 Å². The topological polar surface area (TPSA) is 79.0 Å². The minimum Gasteiger partial charge on any atom is -0.347 e. The molecular formula is C17H15N3O2. The largest absolute Gasteiger partial charge is 0.347 e. The number of hydrogen-bond acceptors (Lipinski definition) is 3. The van der Waals surface area contributed by atoms with Crippen LogP contribution in [0.5, 0.6) is 0 Å². The predicted octanol–water partition coefficient (Wildman–Crippen LogP) is 3.85. The molecule has 2 aromatic carbocycles. The van der Waals surface area contributed by atoms with Gasteiger partial charge in [0.2, 0.25) is 0 Å². The lowest BCUT2D eigenvalue weighted by molar-refractivity contribution is -0.384. The Balaban J connectivity index is 1.87. The highest BCUT2D eigenvalue weighted by Crippen LogP contribution is 2.12. The molecule has 22 heavy (non-hydrogen) atoms. The number of rotatable bonds is 5. The van der Waals surface area contributed by atoms with Crippen molar-refractivity contribution in [2.24, 2.45) is 0 Å². The van der Waals surface area contributed by atoms with E-state index in [1.54, 1.807) is 30.5 Å². The second-order valence-corrected chi connectivity index (χ2v) is 4.48. The van der Waals surface area contributed by atoms with Crippen molar-refractivity contribution in [1.29, 1.82) is 5.41 Å². The second-order valence-electron chi connectivity index (χ2n) is 4.48. The van der Waals surface area contributed by atoms with Crippen molar-refractivity contribution in [2.45, 2.75) is 0 Å². The summed E-state index contributed by atoms with van der Waals surface area (Å²) < 4.78 is 0. The molecule has 2 aromatic rings. The summed E-state index contributed by atoms with van der Waals surface area (Å²) in [6, 6.07) is 15.9. The number of benzene rings is 2. The SMILES string of the molecule is N=C(C=Cc1ccccc1)NC=Cc1ccc([N+](=O)[O-])cc1. The molecule has 0 heterocycles. The molecule has 0 aliphatic rings. The summed E-state index contributed by atoms with van der Waals surface area (Å²) in [5.74, 6) is 0.252. The Kier molecular flexibility index (Phi) is 5.20. The summed E-state index contributed by atoms with van der Waals surface area (Å²) in [6.45, 7) is 0. The first-order chi connectivity index (χ1) is 10.6. The Morgan fingerprint density at radius 2 is 1.64 bits per heavy atom. The smallest absolute Gasteiger partial charge is 0.269 e. The van der Waals surface area contributed by atoms with Gasteiger partial charge in [0.1, 0.15) is 5.84 Å². The van der Waals surface area contributed by atoms with E-state index >= 15 is 0 Å². The average Bonchev–Trinajstić information content (AvgIpc) is 2.54. The van der Waals surface area contributed by atoms with Crippen LogP contribution in [0, 0.1) is 15.5 Å². The monoisotopic (exact) mass is 293 g/mol. The first-order valence-corrected chi connectivity index (χ1v) is 6.64. The lowest BCUT2D eigenvalue weighted by Crippen LogP contribution is -2.12. The standard InChI is InChI=1S/C17H15N3O2/c18-17(11-8-14-4-2-1-3-5-14)19-13-12-15-6-9-16(10-7-15)20(21)22/h1-13H,(H2,18,19). The molecule has 0 unspecified atom stereocenters. The molecule has 0 aromatic heterocycles. The van der Waals surface area contributed by atoms with E-state index in [-0.39, 0.29) is 11.5 Å². The van der Waals surface area contributed by atoms with Crippen LogP contribution in [0.1, 0.15) is 11.1 Å². The molecular weight excluding hydrogens is 278 g/mol. The highest BCUT2D eigenvalue weighted by Gasteiger charge is 2.01. The van der Waals surface area contributed by atoms with Crippen LogP contribution in [-0.4, -0.2) is 10.8 Å². The van der Waals surface area contributed by atoms with Gasteiger partial charge in [-0.2, -0.15) is 0 Å². The van der Waals surface area contributed by atoms with Gasteiger partial charge in [-0.05, 0) is 35.4 Å². The summed E-state index contributed by atoms with van der Waals surface area (Å²) in [4.78, 5) is 10.1. The van der Waals surface area contributed by atoms with Crippen LogP contribution in [-0.2, 0) is 0 Å². The van der Waals surface area contributed by atoms with Gasteiger partial charge < -0.3 is 5.32 Å². The third-order valence-corrected chi connectivity index (χ3v) is 2.86. The van der Waals surface area contributed by atoms with Crippen LogP contribution in [0.4, 0.5) is 5.69 Å². The van der Waals surface area contributed by atoms with E-state index in [0.717, 1.165) is 11.1 Å². The Labute approximate surface area is 128 Å². The Bertz CT molecular complexity index is 704. The van der Waals surface area contributed by atoms with Gasteiger partial charge in [0.15, 0.2) is 0 Å². The van der Waals surface area contributed by atoms with Gasteiger partial charge >= 0.3 is 0 Å². The summed E-state index contributed by atoms with van der Waals surface area (Å²) in [5.41, 5.74) is 1.90. The normalized spacial score (nSPS) is 10.9. The fraction of sp³-hybridized carbons (Fsp3) is 0. The summed E-state index contributed by atoms with van der Waals surface area (Å²) in [5, 5.41) is 21.1. The van der Waals surface area contributed by atoms with Crippen LogP contribution in [0.25, 0.3) is 12.2 Å². The lowest BCUT2D eigenvalue weighted by atomic mass is 10.2. The third kappa shape index (κ3) is 4.72. The molecule has 2 rings (SSSR count). The maximum atomic E-state index is 10.5. The van der Waals surface area contributed by atoms with Crippen molar-refractivity contribution >= 4 is 23.7 Å². The first kappa shape index (κ1) is 15.2. The molecule has 0 amide bonds. The molecule has 0 saturated heterocycles. The first-order valence-electron chi connectivity index (χ1n) is 6.64. The average molecular weight is 293 g/mol. The van der Waals surface area contributed by atoms with Gasteiger partial charge in [0, 0.05) is 18.3 Å². The number of hydrogen-bond donors (Lipinski definition) is 2. The number of nitrogens with zero attached hydrogens (tertiary/aromatic N) is 1. The molecule has 0 spiro atoms. The zero-order valence-corrected chi connectivity index (χ0v) is 11.8. The van der Waals surface area contributed by atoms with E-state index in [0.29, 0.717) is 0 Å². The molecule has 5 heteroatoms. The van der Waals surface area contributed by atoms with Crippen LogP contribution >= 0.6 is 0 Å². The zero-order valence-electron chi connectivity index (χ0n) is 11.8. The fourth-order valence-corrected chi connectivity index (χ4v) is 1.73. The van der Waals surface area contributed by atoms with Gasteiger partial charge in [0.25, 0.3) is 5.69 Å². The van der Waals surface area contributed by atoms with Gasteiger partial charge in [-0.15, -0.1) is 0 Å². The molecule has 0 aliphatic heterocycles.